The van der Waals surface area contributed by atoms with Crippen molar-refractivity contribution in [2.45, 2.75) is 41.5 Å². The maximum absolute atomic E-state index is 8.55. The van der Waals surface area contributed by atoms with Crippen LogP contribution in [0, 0.1) is 33.1 Å². The molecule has 1 aliphatic rings. The molecule has 0 amide bonds. The summed E-state index contributed by atoms with van der Waals surface area (Å²) < 4.78 is 15.3. The van der Waals surface area contributed by atoms with Crippen LogP contribution in [0.25, 0.3) is 11.0 Å². The van der Waals surface area contributed by atoms with E-state index in [1.165, 1.54) is 6.08 Å². The van der Waals surface area contributed by atoms with Crippen LogP contribution < -0.4 is 20.5 Å². The molecule has 0 aromatic carbocycles. The number of aliphatic imine (C=N–C) groups is 2. The molecule has 4 aromatic rings. The number of dihydropyridines is 1. The first-order valence-electron chi connectivity index (χ1n) is 12.5. The highest BCUT2D eigenvalue weighted by Gasteiger charge is 2.24. The molecular weight excluding hydrogens is 482 g/mol. The Morgan fingerprint density at radius 3 is 2.13 bits per heavy atom. The van der Waals surface area contributed by atoms with E-state index in [0.29, 0.717) is 36.3 Å². The van der Waals surface area contributed by atoms with Gasteiger partial charge in [-0.15, -0.1) is 10.2 Å². The first kappa shape index (κ1) is 25.0. The van der Waals surface area contributed by atoms with E-state index in [4.69, 9.17) is 25.6 Å². The number of amidine groups is 2. The van der Waals surface area contributed by atoms with E-state index in [2.05, 4.69) is 20.5 Å². The quantitative estimate of drug-likeness (QED) is 0.348. The topological polar surface area (TPSA) is 140 Å². The molecule has 0 saturated carbocycles. The molecule has 0 spiro atoms. The molecule has 38 heavy (non-hydrogen) atoms. The highest BCUT2D eigenvalue weighted by Crippen LogP contribution is 2.35. The lowest BCUT2D eigenvalue weighted by Gasteiger charge is -2.15. The van der Waals surface area contributed by atoms with Gasteiger partial charge in [-0.25, -0.2) is 19.0 Å². The summed E-state index contributed by atoms with van der Waals surface area (Å²) in [6, 6.07) is 7.95. The molecule has 0 bridgehead atoms. The van der Waals surface area contributed by atoms with E-state index in [9.17, 15) is 0 Å². The van der Waals surface area contributed by atoms with E-state index in [1.54, 1.807) is 0 Å². The van der Waals surface area contributed by atoms with E-state index >= 15 is 0 Å². The minimum absolute atomic E-state index is 0.114. The number of nitrogens with one attached hydrogen (secondary N) is 2. The van der Waals surface area contributed by atoms with Crippen molar-refractivity contribution in [3.05, 3.63) is 58.6 Å². The smallest absolute Gasteiger partial charge is 0.260 e. The third kappa shape index (κ3) is 4.15. The molecule has 0 saturated heterocycles. The van der Waals surface area contributed by atoms with Crippen molar-refractivity contribution in [1.82, 2.24) is 19.2 Å². The van der Waals surface area contributed by atoms with Crippen LogP contribution in [-0.4, -0.2) is 49.8 Å². The fourth-order valence-electron chi connectivity index (χ4n) is 4.23. The van der Waals surface area contributed by atoms with Gasteiger partial charge in [-0.1, -0.05) is 12.1 Å². The van der Waals surface area contributed by atoms with E-state index in [1.807, 2.05) is 74.8 Å². The minimum atomic E-state index is 0.114. The lowest BCUT2D eigenvalue weighted by molar-refractivity contribution is 0.326. The molecule has 4 aromatic heterocycles. The summed E-state index contributed by atoms with van der Waals surface area (Å²) in [6.07, 6.45) is 1.52. The zero-order chi connectivity index (χ0) is 27.1. The second-order valence-electron chi connectivity index (χ2n) is 9.03. The minimum Gasteiger partial charge on any atom is -0.475 e. The SMILES string of the molecule is CCOc1nn2c(C)c(C)ccc2c1N=C1N=C(Nc2c(OCC)nn3c(C)c(C)ccc23)C(=N)C=C1N. The number of hydrogen-bond donors (Lipinski definition) is 3. The number of aryl methyl sites for hydroxylation is 4. The van der Waals surface area contributed by atoms with Crippen molar-refractivity contribution in [1.29, 1.82) is 5.41 Å². The summed E-state index contributed by atoms with van der Waals surface area (Å²) in [7, 11) is 0. The highest BCUT2D eigenvalue weighted by molar-refractivity contribution is 6.52. The molecule has 0 fully saturated rings. The van der Waals surface area contributed by atoms with E-state index < -0.39 is 0 Å². The van der Waals surface area contributed by atoms with Crippen molar-refractivity contribution < 1.29 is 9.47 Å². The van der Waals surface area contributed by atoms with Gasteiger partial charge < -0.3 is 20.5 Å². The fraction of sp³-hybridized carbons (Fsp3) is 0.296. The Morgan fingerprint density at radius 2 is 1.47 bits per heavy atom. The van der Waals surface area contributed by atoms with E-state index in [-0.39, 0.29) is 23.1 Å². The summed E-state index contributed by atoms with van der Waals surface area (Å²) >= 11 is 0. The molecule has 0 unspecified atom stereocenters. The molecule has 11 nitrogen and oxygen atoms in total. The van der Waals surface area contributed by atoms with Gasteiger partial charge in [-0.05, 0) is 70.9 Å². The molecule has 196 valence electrons. The molecule has 1 aliphatic heterocycles. The first-order chi connectivity index (χ1) is 18.2. The predicted molar refractivity (Wildman–Crippen MR) is 150 cm³/mol. The van der Waals surface area contributed by atoms with Gasteiger partial charge in [0.2, 0.25) is 0 Å². The van der Waals surface area contributed by atoms with Crippen LogP contribution in [0.4, 0.5) is 11.4 Å². The van der Waals surface area contributed by atoms with Gasteiger partial charge in [0, 0.05) is 11.4 Å². The molecule has 0 aliphatic carbocycles. The van der Waals surface area contributed by atoms with Gasteiger partial charge >= 0.3 is 0 Å². The normalized spacial score (nSPS) is 14.8. The number of aromatic nitrogens is 4. The van der Waals surface area contributed by atoms with Gasteiger partial charge in [0.1, 0.15) is 5.69 Å². The van der Waals surface area contributed by atoms with Crippen LogP contribution in [0.15, 0.2) is 46.0 Å². The van der Waals surface area contributed by atoms with Crippen molar-refractivity contribution in [3.8, 4) is 11.8 Å². The van der Waals surface area contributed by atoms with Crippen molar-refractivity contribution >= 4 is 39.8 Å². The second-order valence-corrected chi connectivity index (χ2v) is 9.03. The molecule has 4 N–H and O–H groups in total. The number of anilines is 1. The number of ether oxygens (including phenoxy) is 2. The maximum atomic E-state index is 8.55. The van der Waals surface area contributed by atoms with Crippen LogP contribution in [0.1, 0.15) is 36.4 Å². The van der Waals surface area contributed by atoms with Crippen LogP contribution in [-0.2, 0) is 0 Å². The molecule has 5 heterocycles. The first-order valence-corrected chi connectivity index (χ1v) is 12.5. The average Bonchev–Trinajstić information content (AvgIpc) is 3.41. The van der Waals surface area contributed by atoms with Gasteiger partial charge in [-0.2, -0.15) is 0 Å². The van der Waals surface area contributed by atoms with Gasteiger partial charge in [0.25, 0.3) is 11.8 Å². The zero-order valence-electron chi connectivity index (χ0n) is 22.4. The summed E-state index contributed by atoms with van der Waals surface area (Å²) in [5.41, 5.74) is 13.6. The second kappa shape index (κ2) is 9.66. The predicted octanol–water partition coefficient (Wildman–Crippen LogP) is 4.43. The molecule has 5 rings (SSSR count). The zero-order valence-corrected chi connectivity index (χ0v) is 22.4. The standard InChI is InChI=1S/C27H31N9O2/c1-7-37-26-22(20-11-9-14(3)16(5)35(20)33-26)30-24-18(28)13-19(29)25(32-24)31-23-21-12-10-15(4)17(6)36(21)34-27(23)38-8-2/h9-13,28H,7-8,29H2,1-6H3,(H,30,31,32). The molecule has 0 radical (unpaired) electrons. The van der Waals surface area contributed by atoms with E-state index in [0.717, 1.165) is 33.5 Å². The van der Waals surface area contributed by atoms with Gasteiger partial charge in [0.05, 0.1) is 35.7 Å². The number of hydrogen-bond acceptors (Lipinski definition) is 8. The molecule has 0 atom stereocenters. The van der Waals surface area contributed by atoms with Gasteiger partial charge in [0.15, 0.2) is 17.4 Å². The number of nitrogens with two attached hydrogens (primary N) is 1. The van der Waals surface area contributed by atoms with Gasteiger partial charge in [-0.3, -0.25) is 5.41 Å². The Kier molecular flexibility index (Phi) is 6.35. The van der Waals surface area contributed by atoms with Crippen molar-refractivity contribution in [3.63, 3.8) is 0 Å². The molecule has 11 heteroatoms. The summed E-state index contributed by atoms with van der Waals surface area (Å²) in [6.45, 7) is 12.7. The van der Waals surface area contributed by atoms with Crippen LogP contribution >= 0.6 is 0 Å². The average molecular weight is 514 g/mol. The lowest BCUT2D eigenvalue weighted by Crippen LogP contribution is -2.29. The van der Waals surface area contributed by atoms with Crippen LogP contribution in [0.3, 0.4) is 0 Å². The Balaban J connectivity index is 1.62. The number of rotatable bonds is 6. The number of nitrogens with zero attached hydrogens (tertiary/aromatic N) is 6. The van der Waals surface area contributed by atoms with Crippen LogP contribution in [0.2, 0.25) is 0 Å². The number of fused-ring (bicyclic) bond motifs is 2. The Hall–Kier alpha value is -4.67. The largest absolute Gasteiger partial charge is 0.475 e. The third-order valence-electron chi connectivity index (χ3n) is 6.57. The highest BCUT2D eigenvalue weighted by atomic mass is 16.5. The van der Waals surface area contributed by atoms with Crippen molar-refractivity contribution in [2.75, 3.05) is 18.5 Å². The third-order valence-corrected chi connectivity index (χ3v) is 6.57. The number of pyridine rings is 2. The maximum Gasteiger partial charge on any atom is 0.260 e. The summed E-state index contributed by atoms with van der Waals surface area (Å²) in [5, 5.41) is 21.1. The van der Waals surface area contributed by atoms with Crippen molar-refractivity contribution in [2.24, 2.45) is 15.7 Å². The molecular formula is C27H31N9O2. The Morgan fingerprint density at radius 1 is 0.895 bits per heavy atom. The van der Waals surface area contributed by atoms with Crippen LogP contribution in [0.5, 0.6) is 11.8 Å². The summed E-state index contributed by atoms with van der Waals surface area (Å²) in [4.78, 5) is 9.42. The summed E-state index contributed by atoms with van der Waals surface area (Å²) in [5.74, 6) is 1.33. The monoisotopic (exact) mass is 513 g/mol. The lowest BCUT2D eigenvalue weighted by atomic mass is 10.2. The Bertz CT molecular complexity index is 1690. The fourth-order valence-corrected chi connectivity index (χ4v) is 4.23. The Labute approximate surface area is 220 Å².